The van der Waals surface area contributed by atoms with Crippen molar-refractivity contribution in [3.63, 3.8) is 0 Å². The maximum absolute atomic E-state index is 8.60. The van der Waals surface area contributed by atoms with Crippen LogP contribution in [0.15, 0.2) is 45.9 Å². The van der Waals surface area contributed by atoms with E-state index < -0.39 is 8.32 Å². The smallest absolute Gasteiger partial charge is 0.192 e. The largest absolute Gasteiger partial charge is 0.413 e. The highest BCUT2D eigenvalue weighted by Crippen LogP contribution is 2.37. The minimum atomic E-state index is -1.65. The van der Waals surface area contributed by atoms with Crippen LogP contribution in [0.1, 0.15) is 31.9 Å². The van der Waals surface area contributed by atoms with Crippen LogP contribution in [0.4, 0.5) is 0 Å². The van der Waals surface area contributed by atoms with Gasteiger partial charge in [-0.3, -0.25) is 9.97 Å². The van der Waals surface area contributed by atoms with Gasteiger partial charge in [-0.05, 0) is 73.3 Å². The first-order valence-corrected chi connectivity index (χ1v) is 12.5. The third-order valence-corrected chi connectivity index (χ3v) is 9.46. The number of hydrogen-bond donors (Lipinski definition) is 1. The number of halogens is 2. The van der Waals surface area contributed by atoms with Crippen molar-refractivity contribution in [3.8, 4) is 0 Å². The number of aliphatic hydroxyl groups is 1. The number of nitrogens with zero attached hydrogens (tertiary/aromatic N) is 2. The Hall–Kier alpha value is -0.603. The molecule has 0 aliphatic carbocycles. The highest BCUT2D eigenvalue weighted by Gasteiger charge is 2.36. The van der Waals surface area contributed by atoms with Gasteiger partial charge in [-0.25, -0.2) is 0 Å². The molecule has 0 atom stereocenters. The summed E-state index contributed by atoms with van der Waals surface area (Å²) in [7, 11) is -1.65. The van der Waals surface area contributed by atoms with E-state index in [0.717, 1.165) is 20.1 Å². The molecule has 2 aromatic rings. The van der Waals surface area contributed by atoms with Crippen molar-refractivity contribution >= 4 is 40.2 Å². The third-order valence-electron chi connectivity index (χ3n) is 4.11. The van der Waals surface area contributed by atoms with E-state index in [2.05, 4.69) is 81.8 Å². The van der Waals surface area contributed by atoms with Gasteiger partial charge in [0.1, 0.15) is 0 Å². The first-order chi connectivity index (χ1) is 11.5. The molecule has 25 heavy (non-hydrogen) atoms. The lowest BCUT2D eigenvalue weighted by Gasteiger charge is -2.36. The quantitative estimate of drug-likeness (QED) is 0.559. The molecule has 0 unspecified atom stereocenters. The highest BCUT2D eigenvalue weighted by atomic mass is 79.9. The van der Waals surface area contributed by atoms with Crippen LogP contribution in [0, 0.1) is 0 Å². The molecule has 1 N–H and O–H groups in total. The summed E-state index contributed by atoms with van der Waals surface area (Å²) in [5.41, 5.74) is 1.95. The Morgan fingerprint density at radius 2 is 1.44 bits per heavy atom. The monoisotopic (exact) mass is 488 g/mol. The van der Waals surface area contributed by atoms with Crippen LogP contribution in [0.3, 0.4) is 0 Å². The molecule has 4 nitrogen and oxygen atoms in total. The average molecular weight is 490 g/mol. The fourth-order valence-electron chi connectivity index (χ4n) is 1.56. The van der Waals surface area contributed by atoms with Gasteiger partial charge in [-0.15, -0.1) is 0 Å². The van der Waals surface area contributed by atoms with E-state index in [4.69, 9.17) is 9.53 Å². The lowest BCUT2D eigenvalue weighted by Crippen LogP contribution is -2.40. The Morgan fingerprint density at radius 1 is 0.960 bits per heavy atom. The lowest BCUT2D eigenvalue weighted by atomic mass is 10.2. The Balaban J connectivity index is 0.000000293. The van der Waals surface area contributed by atoms with Crippen LogP contribution in [-0.2, 0) is 17.6 Å². The number of aliphatic hydroxyl groups excluding tert-OH is 1. The predicted molar refractivity (Wildman–Crippen MR) is 112 cm³/mol. The fraction of sp³-hybridized carbons (Fsp3) is 0.444. The molecule has 7 heteroatoms. The molecule has 0 fully saturated rings. The summed E-state index contributed by atoms with van der Waals surface area (Å²) in [5, 5.41) is 8.86. The van der Waals surface area contributed by atoms with E-state index >= 15 is 0 Å². The van der Waals surface area contributed by atoms with Crippen molar-refractivity contribution in [1.29, 1.82) is 0 Å². The molecule has 0 aliphatic heterocycles. The predicted octanol–water partition coefficient (Wildman–Crippen LogP) is 5.70. The van der Waals surface area contributed by atoms with Crippen LogP contribution in [0.25, 0.3) is 0 Å². The van der Waals surface area contributed by atoms with Gasteiger partial charge in [0.2, 0.25) is 0 Å². The summed E-state index contributed by atoms with van der Waals surface area (Å²) in [6, 6.07) is 3.88. The molecule has 0 spiro atoms. The van der Waals surface area contributed by atoms with E-state index in [-0.39, 0.29) is 11.6 Å². The molecular weight excluding hydrogens is 464 g/mol. The Labute approximate surface area is 168 Å². The zero-order valence-electron chi connectivity index (χ0n) is 15.4. The number of hydrogen-bond acceptors (Lipinski definition) is 4. The minimum Gasteiger partial charge on any atom is -0.413 e. The van der Waals surface area contributed by atoms with E-state index in [9.17, 15) is 0 Å². The maximum atomic E-state index is 8.60. The summed E-state index contributed by atoms with van der Waals surface area (Å²) in [6.45, 7) is 12.0. The number of rotatable bonds is 4. The van der Waals surface area contributed by atoms with Gasteiger partial charge in [-0.2, -0.15) is 0 Å². The van der Waals surface area contributed by atoms with Crippen molar-refractivity contribution < 1.29 is 9.53 Å². The summed E-state index contributed by atoms with van der Waals surface area (Å²) < 4.78 is 8.01. The van der Waals surface area contributed by atoms with Crippen LogP contribution in [0.2, 0.25) is 18.1 Å². The van der Waals surface area contributed by atoms with Crippen LogP contribution in [0.5, 0.6) is 0 Å². The van der Waals surface area contributed by atoms with Gasteiger partial charge in [-0.1, -0.05) is 20.8 Å². The molecule has 0 bridgehead atoms. The Bertz CT molecular complexity index is 676. The zero-order valence-corrected chi connectivity index (χ0v) is 19.6. The first kappa shape index (κ1) is 22.4. The Morgan fingerprint density at radius 3 is 1.84 bits per heavy atom. The molecule has 138 valence electrons. The van der Waals surface area contributed by atoms with Crippen molar-refractivity contribution in [2.45, 2.75) is 52.1 Å². The second kappa shape index (κ2) is 9.92. The fourth-order valence-corrected chi connectivity index (χ4v) is 3.34. The van der Waals surface area contributed by atoms with Gasteiger partial charge in [0, 0.05) is 33.7 Å². The summed E-state index contributed by atoms with van der Waals surface area (Å²) >= 11 is 6.64. The topological polar surface area (TPSA) is 55.2 Å². The molecule has 0 amide bonds. The van der Waals surface area contributed by atoms with Crippen molar-refractivity contribution in [2.75, 3.05) is 0 Å². The molecule has 0 saturated heterocycles. The van der Waals surface area contributed by atoms with Crippen molar-refractivity contribution in [3.05, 3.63) is 57.0 Å². The van der Waals surface area contributed by atoms with Gasteiger partial charge in [0.05, 0.1) is 13.2 Å². The normalized spacial score (nSPS) is 11.7. The van der Waals surface area contributed by atoms with Crippen molar-refractivity contribution in [1.82, 2.24) is 9.97 Å². The van der Waals surface area contributed by atoms with Gasteiger partial charge in [0.15, 0.2) is 8.32 Å². The molecule has 2 heterocycles. The summed E-state index contributed by atoms with van der Waals surface area (Å²) in [6.07, 6.45) is 6.96. The second-order valence-electron chi connectivity index (χ2n) is 7.23. The molecule has 0 aliphatic rings. The molecule has 2 rings (SSSR count). The molecule has 0 saturated carbocycles. The molecule has 2 aromatic heterocycles. The summed E-state index contributed by atoms with van der Waals surface area (Å²) in [5.74, 6) is 0. The highest BCUT2D eigenvalue weighted by molar-refractivity contribution is 9.10. The third kappa shape index (κ3) is 8.09. The van der Waals surface area contributed by atoms with Gasteiger partial charge >= 0.3 is 0 Å². The van der Waals surface area contributed by atoms with Crippen LogP contribution in [-0.4, -0.2) is 23.4 Å². The first-order valence-electron chi connectivity index (χ1n) is 7.99. The minimum absolute atomic E-state index is 0.0481. The molecule has 0 aromatic carbocycles. The van der Waals surface area contributed by atoms with Crippen LogP contribution < -0.4 is 0 Å². The zero-order chi connectivity index (χ0) is 19.1. The van der Waals surface area contributed by atoms with E-state index in [1.807, 2.05) is 12.3 Å². The summed E-state index contributed by atoms with van der Waals surface area (Å²) in [4.78, 5) is 7.98. The lowest BCUT2D eigenvalue weighted by molar-refractivity contribution is 0.276. The van der Waals surface area contributed by atoms with E-state index in [1.54, 1.807) is 18.6 Å². The SMILES string of the molecule is CC(C)(C)[Si](C)(C)OCc1cncc(Br)c1.OCc1cncc(Br)c1. The standard InChI is InChI=1S/C12H20BrNOSi.C6H6BrNO/c1-12(2,3)16(4,5)15-9-10-6-11(13)8-14-7-10;7-6-1-5(4-9)2-8-3-6/h6-8H,9H2,1-5H3;1-3,9H,4H2. The van der Waals surface area contributed by atoms with Crippen LogP contribution >= 0.6 is 31.9 Å². The maximum Gasteiger partial charge on any atom is 0.192 e. The molecule has 0 radical (unpaired) electrons. The van der Waals surface area contributed by atoms with E-state index in [0.29, 0.717) is 6.61 Å². The van der Waals surface area contributed by atoms with E-state index in [1.165, 1.54) is 0 Å². The van der Waals surface area contributed by atoms with Crippen molar-refractivity contribution in [2.24, 2.45) is 0 Å². The second-order valence-corrected chi connectivity index (χ2v) is 13.9. The number of pyridine rings is 2. The number of aromatic nitrogens is 2. The van der Waals surface area contributed by atoms with Gasteiger partial charge in [0.25, 0.3) is 0 Å². The van der Waals surface area contributed by atoms with Gasteiger partial charge < -0.3 is 9.53 Å². The Kier molecular flexibility index (Phi) is 8.90. The molecular formula is C18H26Br2N2O2Si. The average Bonchev–Trinajstić information content (AvgIpc) is 2.53.